The van der Waals surface area contributed by atoms with Crippen LogP contribution in [0.15, 0.2) is 23.0 Å². The van der Waals surface area contributed by atoms with Crippen molar-refractivity contribution < 1.29 is 0 Å². The van der Waals surface area contributed by atoms with Gasteiger partial charge in [0.15, 0.2) is 0 Å². The van der Waals surface area contributed by atoms with Gasteiger partial charge in [-0.3, -0.25) is 5.10 Å². The molecule has 0 amide bonds. The lowest BCUT2D eigenvalue weighted by Crippen LogP contribution is -2.17. The van der Waals surface area contributed by atoms with Gasteiger partial charge in [-0.1, -0.05) is 0 Å². The Hall–Kier alpha value is -1.13. The molecule has 0 bridgehead atoms. The van der Waals surface area contributed by atoms with E-state index in [1.165, 1.54) is 11.1 Å². The predicted octanol–water partition coefficient (Wildman–Crippen LogP) is 2.63. The molecule has 0 aliphatic rings. The Morgan fingerprint density at radius 2 is 2.47 bits per heavy atom. The summed E-state index contributed by atoms with van der Waals surface area (Å²) in [5, 5.41) is 14.7. The van der Waals surface area contributed by atoms with Gasteiger partial charge >= 0.3 is 0 Å². The Kier molecular flexibility index (Phi) is 3.18. The highest BCUT2D eigenvalue weighted by molar-refractivity contribution is 7.07. The zero-order valence-electron chi connectivity index (χ0n) is 8.95. The molecule has 0 aromatic carbocycles. The standard InChI is InChI=1S/C11H15N3S/c1-8(11-6-13-14-9(11)2)12-5-10-3-4-15-7-10/h3-4,6-8,12H,5H2,1-2H3,(H,13,14). The monoisotopic (exact) mass is 221 g/mol. The number of H-pyrrole nitrogens is 1. The summed E-state index contributed by atoms with van der Waals surface area (Å²) in [6.45, 7) is 5.12. The number of nitrogens with zero attached hydrogens (tertiary/aromatic N) is 1. The van der Waals surface area contributed by atoms with Crippen LogP contribution in [0.5, 0.6) is 0 Å². The third kappa shape index (κ3) is 2.46. The minimum absolute atomic E-state index is 0.337. The Balaban J connectivity index is 1.93. The molecule has 0 radical (unpaired) electrons. The highest BCUT2D eigenvalue weighted by Gasteiger charge is 2.09. The molecule has 3 nitrogen and oxygen atoms in total. The van der Waals surface area contributed by atoms with Crippen LogP contribution in [0.2, 0.25) is 0 Å². The molecule has 0 aliphatic heterocycles. The van der Waals surface area contributed by atoms with Crippen LogP contribution in [0.4, 0.5) is 0 Å². The molecule has 15 heavy (non-hydrogen) atoms. The van der Waals surface area contributed by atoms with Gasteiger partial charge in [-0.2, -0.15) is 16.4 Å². The molecule has 80 valence electrons. The highest BCUT2D eigenvalue weighted by Crippen LogP contribution is 2.15. The van der Waals surface area contributed by atoms with Crippen molar-refractivity contribution in [2.45, 2.75) is 26.4 Å². The van der Waals surface area contributed by atoms with Gasteiger partial charge < -0.3 is 5.32 Å². The SMILES string of the molecule is Cc1[nH]ncc1C(C)NCc1ccsc1. The number of aromatic nitrogens is 2. The number of thiophene rings is 1. The topological polar surface area (TPSA) is 40.7 Å². The Labute approximate surface area is 93.5 Å². The summed E-state index contributed by atoms with van der Waals surface area (Å²) in [6.07, 6.45) is 1.89. The third-order valence-electron chi connectivity index (χ3n) is 2.53. The average molecular weight is 221 g/mol. The van der Waals surface area contributed by atoms with Crippen LogP contribution in [-0.4, -0.2) is 10.2 Å². The summed E-state index contributed by atoms with van der Waals surface area (Å²) in [5.74, 6) is 0. The maximum Gasteiger partial charge on any atom is 0.0537 e. The van der Waals surface area contributed by atoms with Crippen LogP contribution in [0.25, 0.3) is 0 Å². The van der Waals surface area contributed by atoms with E-state index in [1.807, 2.05) is 13.1 Å². The van der Waals surface area contributed by atoms with Crippen LogP contribution < -0.4 is 5.32 Å². The van der Waals surface area contributed by atoms with E-state index in [4.69, 9.17) is 0 Å². The molecule has 0 fully saturated rings. The fourth-order valence-corrected chi connectivity index (χ4v) is 2.24. The third-order valence-corrected chi connectivity index (χ3v) is 3.26. The molecular formula is C11H15N3S. The Morgan fingerprint density at radius 3 is 3.07 bits per heavy atom. The molecule has 2 heterocycles. The lowest BCUT2D eigenvalue weighted by atomic mass is 10.1. The summed E-state index contributed by atoms with van der Waals surface area (Å²) < 4.78 is 0. The number of nitrogens with one attached hydrogen (secondary N) is 2. The molecule has 0 saturated heterocycles. The van der Waals surface area contributed by atoms with Crippen molar-refractivity contribution in [1.82, 2.24) is 15.5 Å². The van der Waals surface area contributed by atoms with Gasteiger partial charge in [0, 0.05) is 23.8 Å². The number of aromatic amines is 1. The second-order valence-electron chi connectivity index (χ2n) is 3.68. The van der Waals surface area contributed by atoms with Crippen molar-refractivity contribution in [2.24, 2.45) is 0 Å². The van der Waals surface area contributed by atoms with Crippen LogP contribution in [-0.2, 0) is 6.54 Å². The summed E-state index contributed by atoms with van der Waals surface area (Å²) in [6, 6.07) is 2.48. The molecular weight excluding hydrogens is 206 g/mol. The number of hydrogen-bond acceptors (Lipinski definition) is 3. The van der Waals surface area contributed by atoms with Gasteiger partial charge in [-0.05, 0) is 36.2 Å². The lowest BCUT2D eigenvalue weighted by Gasteiger charge is -2.12. The second kappa shape index (κ2) is 4.59. The lowest BCUT2D eigenvalue weighted by molar-refractivity contribution is 0.573. The Bertz CT molecular complexity index is 405. The largest absolute Gasteiger partial charge is 0.306 e. The van der Waals surface area contributed by atoms with E-state index in [0.717, 1.165) is 12.2 Å². The molecule has 0 aliphatic carbocycles. The maximum absolute atomic E-state index is 4.02. The van der Waals surface area contributed by atoms with E-state index in [0.29, 0.717) is 6.04 Å². The fourth-order valence-electron chi connectivity index (χ4n) is 1.57. The van der Waals surface area contributed by atoms with Crippen LogP contribution in [0, 0.1) is 6.92 Å². The van der Waals surface area contributed by atoms with E-state index in [1.54, 1.807) is 11.3 Å². The van der Waals surface area contributed by atoms with Gasteiger partial charge in [-0.25, -0.2) is 0 Å². The van der Waals surface area contributed by atoms with Crippen LogP contribution in [0.3, 0.4) is 0 Å². The van der Waals surface area contributed by atoms with E-state index < -0.39 is 0 Å². The molecule has 0 saturated carbocycles. The summed E-state index contributed by atoms with van der Waals surface area (Å²) in [5.41, 5.74) is 3.72. The van der Waals surface area contributed by atoms with Gasteiger partial charge in [0.1, 0.15) is 0 Å². The summed E-state index contributed by atoms with van der Waals surface area (Å²) in [4.78, 5) is 0. The first-order valence-corrected chi connectivity index (χ1v) is 5.96. The van der Waals surface area contributed by atoms with Gasteiger partial charge in [0.25, 0.3) is 0 Å². The fraction of sp³-hybridized carbons (Fsp3) is 0.364. The van der Waals surface area contributed by atoms with Crippen molar-refractivity contribution in [3.63, 3.8) is 0 Å². The zero-order valence-corrected chi connectivity index (χ0v) is 9.77. The first-order valence-electron chi connectivity index (χ1n) is 5.01. The Morgan fingerprint density at radius 1 is 1.60 bits per heavy atom. The van der Waals surface area contributed by atoms with Crippen molar-refractivity contribution >= 4 is 11.3 Å². The smallest absolute Gasteiger partial charge is 0.0537 e. The summed E-state index contributed by atoms with van der Waals surface area (Å²) in [7, 11) is 0. The van der Waals surface area contributed by atoms with E-state index in [2.05, 4.69) is 39.3 Å². The first kappa shape index (κ1) is 10.4. The van der Waals surface area contributed by atoms with Gasteiger partial charge in [0.05, 0.1) is 6.20 Å². The minimum Gasteiger partial charge on any atom is -0.306 e. The molecule has 2 N–H and O–H groups in total. The van der Waals surface area contributed by atoms with E-state index in [9.17, 15) is 0 Å². The van der Waals surface area contributed by atoms with Crippen LogP contribution >= 0.6 is 11.3 Å². The quantitative estimate of drug-likeness (QED) is 0.833. The van der Waals surface area contributed by atoms with Crippen molar-refractivity contribution in [3.05, 3.63) is 39.8 Å². The second-order valence-corrected chi connectivity index (χ2v) is 4.46. The molecule has 2 aromatic rings. The molecule has 1 atom stereocenters. The number of rotatable bonds is 4. The minimum atomic E-state index is 0.337. The van der Waals surface area contributed by atoms with Crippen LogP contribution in [0.1, 0.15) is 29.8 Å². The van der Waals surface area contributed by atoms with Crippen molar-refractivity contribution in [1.29, 1.82) is 0 Å². The van der Waals surface area contributed by atoms with Crippen molar-refractivity contribution in [3.8, 4) is 0 Å². The normalized spacial score (nSPS) is 12.9. The zero-order chi connectivity index (χ0) is 10.7. The molecule has 1 unspecified atom stereocenters. The van der Waals surface area contributed by atoms with Crippen molar-refractivity contribution in [2.75, 3.05) is 0 Å². The maximum atomic E-state index is 4.02. The van der Waals surface area contributed by atoms with E-state index >= 15 is 0 Å². The van der Waals surface area contributed by atoms with Gasteiger partial charge in [-0.15, -0.1) is 0 Å². The highest BCUT2D eigenvalue weighted by atomic mass is 32.1. The molecule has 2 rings (SSSR count). The molecule has 2 aromatic heterocycles. The number of aryl methyl sites for hydroxylation is 1. The average Bonchev–Trinajstić information content (AvgIpc) is 2.84. The van der Waals surface area contributed by atoms with Gasteiger partial charge in [0.2, 0.25) is 0 Å². The molecule has 0 spiro atoms. The first-order chi connectivity index (χ1) is 7.27. The number of hydrogen-bond donors (Lipinski definition) is 2. The molecule has 4 heteroatoms. The van der Waals surface area contributed by atoms with E-state index in [-0.39, 0.29) is 0 Å². The predicted molar refractivity (Wildman–Crippen MR) is 62.9 cm³/mol. The summed E-state index contributed by atoms with van der Waals surface area (Å²) >= 11 is 1.73.